The molecular weight excluding hydrogens is 703 g/mol. The minimum Gasteiger partial charge on any atom is -0.307 e. The molecule has 1 aliphatic carbocycles. The van der Waals surface area contributed by atoms with E-state index in [1.165, 1.54) is 103 Å². The number of hydrogen-bond acceptors (Lipinski definition) is 2. The second kappa shape index (κ2) is 11.0. The van der Waals surface area contributed by atoms with Gasteiger partial charge in [0.15, 0.2) is 0 Å². The summed E-state index contributed by atoms with van der Waals surface area (Å²) in [7, 11) is 0. The molecule has 13 aromatic rings. The van der Waals surface area contributed by atoms with Crippen LogP contribution in [0.15, 0.2) is 176 Å². The second-order valence-corrected chi connectivity index (χ2v) is 16.0. The highest BCUT2D eigenvalue weighted by molar-refractivity contribution is 6.42. The van der Waals surface area contributed by atoms with Gasteiger partial charge in [0, 0.05) is 48.8 Å². The van der Waals surface area contributed by atoms with Gasteiger partial charge in [-0.05, 0) is 85.9 Å². The molecule has 0 spiro atoms. The fraction of sp³-hybridized carbons (Fsp3) is 0.0182. The number of hydrogen-bond donors (Lipinski definition) is 0. The van der Waals surface area contributed by atoms with Crippen molar-refractivity contribution in [2.24, 2.45) is 0 Å². The number of nitrogens with zero attached hydrogens (tertiary/aromatic N) is 3. The summed E-state index contributed by atoms with van der Waals surface area (Å²) in [5.74, 6) is 0. The maximum Gasteiger partial charge on any atom is 0.0979 e. The Bertz CT molecular complexity index is 3950. The van der Waals surface area contributed by atoms with Gasteiger partial charge in [-0.15, -0.1) is 0 Å². The second-order valence-electron chi connectivity index (χ2n) is 16.0. The molecule has 3 nitrogen and oxygen atoms in total. The van der Waals surface area contributed by atoms with Gasteiger partial charge < -0.3 is 4.40 Å². The smallest absolute Gasteiger partial charge is 0.0979 e. The van der Waals surface area contributed by atoms with Crippen LogP contribution in [0.3, 0.4) is 0 Å². The normalized spacial score (nSPS) is 12.8. The average Bonchev–Trinajstić information content (AvgIpc) is 3.95. The van der Waals surface area contributed by atoms with Crippen LogP contribution >= 0.6 is 0 Å². The fourth-order valence-electron chi connectivity index (χ4n) is 10.7. The Morgan fingerprint density at radius 3 is 1.91 bits per heavy atom. The first-order valence-electron chi connectivity index (χ1n) is 20.1. The van der Waals surface area contributed by atoms with E-state index in [9.17, 15) is 0 Å². The van der Waals surface area contributed by atoms with Crippen molar-refractivity contribution in [1.82, 2.24) is 14.4 Å². The summed E-state index contributed by atoms with van der Waals surface area (Å²) in [5.41, 5.74) is 14.9. The van der Waals surface area contributed by atoms with Gasteiger partial charge in [-0.25, -0.2) is 9.97 Å². The van der Waals surface area contributed by atoms with E-state index in [0.29, 0.717) is 0 Å². The van der Waals surface area contributed by atoms with Crippen molar-refractivity contribution in [3.8, 4) is 33.6 Å². The zero-order valence-electron chi connectivity index (χ0n) is 31.3. The van der Waals surface area contributed by atoms with Crippen molar-refractivity contribution in [2.45, 2.75) is 6.42 Å². The summed E-state index contributed by atoms with van der Waals surface area (Å²) < 4.78 is 2.54. The van der Waals surface area contributed by atoms with Gasteiger partial charge in [-0.2, -0.15) is 0 Å². The van der Waals surface area contributed by atoms with Gasteiger partial charge in [0.05, 0.1) is 39.0 Å². The number of aromatic nitrogens is 3. The predicted octanol–water partition coefficient (Wildman–Crippen LogP) is 14.3. The van der Waals surface area contributed by atoms with Crippen molar-refractivity contribution in [3.63, 3.8) is 0 Å². The molecule has 3 heteroatoms. The summed E-state index contributed by atoms with van der Waals surface area (Å²) in [4.78, 5) is 11.2. The lowest BCUT2D eigenvalue weighted by Crippen LogP contribution is -1.98. The highest BCUT2D eigenvalue weighted by Crippen LogP contribution is 2.51. The minimum atomic E-state index is 0.888. The van der Waals surface area contributed by atoms with Crippen LogP contribution < -0.4 is 0 Å². The van der Waals surface area contributed by atoms with Gasteiger partial charge in [-0.1, -0.05) is 146 Å². The Labute approximate surface area is 332 Å². The molecule has 266 valence electrons. The standard InChI is InChI=1S/C55H31N3/c1-3-14-35-31(12-1)24-27-40-44(35)30-45(53-52(56-46-21-8-9-22-47(46)57-53)33-25-26-37-34(29-33)28-32-13-2-4-15-36(32)37)49-39-17-5-6-18-42(39)55-51(50(40)49)43-20-11-19-41-38-16-7-10-23-48(38)58(55)54(41)43/h1-27,29-30H,28H2. The fourth-order valence-corrected chi connectivity index (χ4v) is 10.7. The van der Waals surface area contributed by atoms with E-state index in [1.807, 2.05) is 0 Å². The van der Waals surface area contributed by atoms with Gasteiger partial charge >= 0.3 is 0 Å². The number of rotatable bonds is 2. The van der Waals surface area contributed by atoms with E-state index in [4.69, 9.17) is 9.97 Å². The lowest BCUT2D eigenvalue weighted by Gasteiger charge is -2.19. The zero-order chi connectivity index (χ0) is 37.6. The van der Waals surface area contributed by atoms with Crippen LogP contribution in [0.2, 0.25) is 0 Å². The van der Waals surface area contributed by atoms with E-state index in [-0.39, 0.29) is 0 Å². The average molecular weight is 734 g/mol. The highest BCUT2D eigenvalue weighted by atomic mass is 14.9. The minimum absolute atomic E-state index is 0.888. The van der Waals surface area contributed by atoms with Gasteiger partial charge in [-0.3, -0.25) is 0 Å². The Morgan fingerprint density at radius 1 is 0.362 bits per heavy atom. The van der Waals surface area contributed by atoms with E-state index < -0.39 is 0 Å². The summed E-state index contributed by atoms with van der Waals surface area (Å²) in [5, 5.41) is 15.0. The number of fused-ring (bicyclic) bond motifs is 19. The van der Waals surface area contributed by atoms with Crippen molar-refractivity contribution in [1.29, 1.82) is 0 Å². The monoisotopic (exact) mass is 733 g/mol. The molecule has 3 heterocycles. The predicted molar refractivity (Wildman–Crippen MR) is 243 cm³/mol. The van der Waals surface area contributed by atoms with Gasteiger partial charge in [0.2, 0.25) is 0 Å². The molecule has 0 radical (unpaired) electrons. The molecule has 1 aliphatic rings. The molecular formula is C55H31N3. The quantitative estimate of drug-likeness (QED) is 0.166. The molecule has 0 bridgehead atoms. The summed E-state index contributed by atoms with van der Waals surface area (Å²) in [6, 6.07) is 64.7. The van der Waals surface area contributed by atoms with Crippen LogP contribution in [-0.2, 0) is 6.42 Å². The molecule has 0 amide bonds. The Hall–Kier alpha value is -7.62. The topological polar surface area (TPSA) is 30.2 Å². The van der Waals surface area contributed by atoms with Crippen LogP contribution in [0.5, 0.6) is 0 Å². The maximum atomic E-state index is 5.63. The summed E-state index contributed by atoms with van der Waals surface area (Å²) >= 11 is 0. The zero-order valence-corrected chi connectivity index (χ0v) is 31.3. The summed E-state index contributed by atoms with van der Waals surface area (Å²) in [6.07, 6.45) is 0.915. The molecule has 0 saturated carbocycles. The van der Waals surface area contributed by atoms with E-state index >= 15 is 0 Å². The highest BCUT2D eigenvalue weighted by Gasteiger charge is 2.27. The first-order valence-corrected chi connectivity index (χ1v) is 20.1. The Morgan fingerprint density at radius 2 is 1.02 bits per heavy atom. The molecule has 14 rings (SSSR count). The van der Waals surface area contributed by atoms with Gasteiger partial charge in [0.1, 0.15) is 0 Å². The molecule has 0 saturated heterocycles. The van der Waals surface area contributed by atoms with Crippen LogP contribution in [0.1, 0.15) is 11.1 Å². The number of para-hydroxylation sites is 4. The van der Waals surface area contributed by atoms with Crippen LogP contribution in [-0.4, -0.2) is 14.4 Å². The third kappa shape index (κ3) is 3.88. The van der Waals surface area contributed by atoms with Crippen molar-refractivity contribution >= 4 is 92.2 Å². The van der Waals surface area contributed by atoms with E-state index in [1.54, 1.807) is 0 Å². The van der Waals surface area contributed by atoms with Crippen molar-refractivity contribution < 1.29 is 0 Å². The Balaban J connectivity index is 1.21. The van der Waals surface area contributed by atoms with E-state index in [0.717, 1.165) is 40.0 Å². The van der Waals surface area contributed by atoms with E-state index in [2.05, 4.69) is 180 Å². The largest absolute Gasteiger partial charge is 0.307 e. The third-order valence-electron chi connectivity index (χ3n) is 13.1. The summed E-state index contributed by atoms with van der Waals surface area (Å²) in [6.45, 7) is 0. The number of benzene rings is 10. The molecule has 0 atom stereocenters. The Kier molecular flexibility index (Phi) is 5.81. The lowest BCUT2D eigenvalue weighted by molar-refractivity contribution is 1.25. The van der Waals surface area contributed by atoms with Crippen molar-refractivity contribution in [2.75, 3.05) is 0 Å². The third-order valence-corrected chi connectivity index (χ3v) is 13.1. The van der Waals surface area contributed by atoms with Crippen LogP contribution in [0, 0.1) is 0 Å². The van der Waals surface area contributed by atoms with Crippen LogP contribution in [0.4, 0.5) is 0 Å². The molecule has 10 aromatic carbocycles. The lowest BCUT2D eigenvalue weighted by atomic mass is 9.86. The maximum absolute atomic E-state index is 5.63. The first-order chi connectivity index (χ1) is 28.8. The first kappa shape index (κ1) is 30.6. The molecule has 0 unspecified atom stereocenters. The molecule has 58 heavy (non-hydrogen) atoms. The van der Waals surface area contributed by atoms with Gasteiger partial charge in [0.25, 0.3) is 0 Å². The van der Waals surface area contributed by atoms with Crippen LogP contribution in [0.25, 0.3) is 126 Å². The molecule has 0 N–H and O–H groups in total. The SMILES string of the molecule is c1ccc2c(c1)Cc1cc(-c3nc4ccccc4nc3-c3cc4c5ccccc5ccc4c4c3c3ccccc3c3c4c4cccc5c6ccccc6n3c54)ccc1-2. The molecule has 3 aromatic heterocycles. The molecule has 0 fully saturated rings. The van der Waals surface area contributed by atoms with Crippen molar-refractivity contribution in [3.05, 3.63) is 187 Å². The molecule has 0 aliphatic heterocycles.